The number of carboxylic acids is 1. The van der Waals surface area contributed by atoms with E-state index < -0.39 is 76.6 Å². The molecule has 0 bridgehead atoms. The third-order valence-electron chi connectivity index (χ3n) is 7.12. The molecule has 0 fully saturated rings. The van der Waals surface area contributed by atoms with Crippen LogP contribution in [0, 0.1) is 0 Å². The van der Waals surface area contributed by atoms with Crippen molar-refractivity contribution in [1.82, 2.24) is 20.9 Å². The number of phenolic OH excluding ortho intramolecular Hbond substituents is 6. The molecule has 1 atom stereocenters. The van der Waals surface area contributed by atoms with Crippen LogP contribution in [0.5, 0.6) is 34.5 Å². The fourth-order valence-electron chi connectivity index (χ4n) is 4.59. The van der Waals surface area contributed by atoms with Crippen molar-refractivity contribution in [2.75, 3.05) is 26.2 Å². The predicted molar refractivity (Wildman–Crippen MR) is 168 cm³/mol. The first kappa shape index (κ1) is 36.3. The van der Waals surface area contributed by atoms with Crippen LogP contribution in [0.1, 0.15) is 56.8 Å². The van der Waals surface area contributed by atoms with E-state index in [1.165, 1.54) is 53.4 Å². The number of benzene rings is 3. The molecule has 3 aromatic rings. The second-order valence-corrected chi connectivity index (χ2v) is 10.5. The van der Waals surface area contributed by atoms with Gasteiger partial charge in [-0.05, 0) is 55.7 Å². The number of carbonyl (C=O) groups is 5. The number of para-hydroxylation sites is 3. The summed E-state index contributed by atoms with van der Waals surface area (Å²) in [7, 11) is 0. The molecule has 1 unspecified atom stereocenters. The second-order valence-electron chi connectivity index (χ2n) is 10.5. The highest BCUT2D eigenvalue weighted by atomic mass is 16.4. The minimum absolute atomic E-state index is 0.00542. The summed E-state index contributed by atoms with van der Waals surface area (Å²) in [5.41, 5.74) is -0.711. The number of amides is 4. The molecule has 0 saturated heterocycles. The molecule has 0 aliphatic heterocycles. The highest BCUT2D eigenvalue weighted by Crippen LogP contribution is 2.30. The van der Waals surface area contributed by atoms with E-state index in [1.54, 1.807) is 0 Å². The number of phenols is 6. The minimum Gasteiger partial charge on any atom is -0.504 e. The smallest absolute Gasteiger partial charge is 0.303 e. The maximum atomic E-state index is 13.7. The Labute approximate surface area is 273 Å². The summed E-state index contributed by atoms with van der Waals surface area (Å²) in [5.74, 6) is -7.82. The maximum absolute atomic E-state index is 13.7. The molecule has 0 heterocycles. The van der Waals surface area contributed by atoms with Gasteiger partial charge in [0.05, 0.1) is 16.7 Å². The molecular formula is C32H36N4O12. The summed E-state index contributed by atoms with van der Waals surface area (Å²) in [6, 6.07) is 9.96. The van der Waals surface area contributed by atoms with Crippen molar-refractivity contribution < 1.29 is 59.7 Å². The molecule has 0 radical (unpaired) electrons. The number of aliphatic carboxylic acids is 1. The summed E-state index contributed by atoms with van der Waals surface area (Å²) in [6.45, 7) is -0.0600. The van der Waals surface area contributed by atoms with Crippen LogP contribution in [0.2, 0.25) is 0 Å². The number of carbonyl (C=O) groups excluding carboxylic acids is 4. The minimum atomic E-state index is -1.40. The van der Waals surface area contributed by atoms with Crippen molar-refractivity contribution in [3.05, 3.63) is 71.3 Å². The standard InChI is InChI=1S/C32H36N4O12/c37-22-9-1-6-18(26(22)42)29(45)33-14-4-16-36(17-5-15-34-30(46)19-7-2-10-23(38)27(19)43)32(48)21(12-13-25(40)41)35-31(47)20-8-3-11-24(39)28(20)44/h1-3,6-11,21,37-39,42-44H,4-5,12-17H2,(H,33,45)(H,34,46)(H,35,47)(H,40,41). The zero-order valence-corrected chi connectivity index (χ0v) is 25.5. The number of aromatic hydroxyl groups is 6. The van der Waals surface area contributed by atoms with E-state index in [9.17, 15) is 59.7 Å². The lowest BCUT2D eigenvalue weighted by atomic mass is 10.1. The Balaban J connectivity index is 1.73. The van der Waals surface area contributed by atoms with Crippen molar-refractivity contribution in [2.45, 2.75) is 31.7 Å². The molecule has 0 spiro atoms. The first-order valence-corrected chi connectivity index (χ1v) is 14.7. The lowest BCUT2D eigenvalue weighted by Gasteiger charge is -2.28. The van der Waals surface area contributed by atoms with Gasteiger partial charge in [0.15, 0.2) is 34.5 Å². The monoisotopic (exact) mass is 668 g/mol. The molecule has 0 saturated carbocycles. The van der Waals surface area contributed by atoms with Gasteiger partial charge in [-0.1, -0.05) is 18.2 Å². The Morgan fingerprint density at radius 3 is 1.40 bits per heavy atom. The third kappa shape index (κ3) is 9.65. The van der Waals surface area contributed by atoms with E-state index in [1.807, 2.05) is 0 Å². The van der Waals surface area contributed by atoms with Gasteiger partial charge < -0.3 is 56.6 Å². The molecule has 16 nitrogen and oxygen atoms in total. The largest absolute Gasteiger partial charge is 0.504 e. The molecular weight excluding hydrogens is 632 g/mol. The number of rotatable bonds is 16. The fraction of sp³-hybridized carbons (Fsp3) is 0.281. The van der Waals surface area contributed by atoms with Gasteiger partial charge >= 0.3 is 5.97 Å². The Hall–Kier alpha value is -6.19. The molecule has 4 amide bonds. The highest BCUT2D eigenvalue weighted by molar-refractivity contribution is 6.00. The molecule has 0 aromatic heterocycles. The van der Waals surface area contributed by atoms with Gasteiger partial charge in [-0.3, -0.25) is 24.0 Å². The van der Waals surface area contributed by atoms with Crippen LogP contribution in [0.4, 0.5) is 0 Å². The van der Waals surface area contributed by atoms with Crippen molar-refractivity contribution in [3.63, 3.8) is 0 Å². The van der Waals surface area contributed by atoms with Gasteiger partial charge in [-0.15, -0.1) is 0 Å². The summed E-state index contributed by atoms with van der Waals surface area (Å²) in [6.07, 6.45) is -0.554. The van der Waals surface area contributed by atoms with Gasteiger partial charge in [-0.25, -0.2) is 0 Å². The summed E-state index contributed by atoms with van der Waals surface area (Å²) in [4.78, 5) is 64.4. The van der Waals surface area contributed by atoms with Crippen LogP contribution in [-0.4, -0.2) is 102 Å². The molecule has 16 heteroatoms. The van der Waals surface area contributed by atoms with Crippen molar-refractivity contribution in [3.8, 4) is 34.5 Å². The van der Waals surface area contributed by atoms with Crippen molar-refractivity contribution >= 4 is 29.6 Å². The van der Waals surface area contributed by atoms with E-state index in [-0.39, 0.29) is 62.1 Å². The normalized spacial score (nSPS) is 11.2. The molecule has 3 aromatic carbocycles. The van der Waals surface area contributed by atoms with E-state index >= 15 is 0 Å². The Bertz CT molecular complexity index is 1590. The van der Waals surface area contributed by atoms with E-state index in [4.69, 9.17) is 0 Å². The topological polar surface area (TPSA) is 266 Å². The van der Waals surface area contributed by atoms with Gasteiger partial charge in [0, 0.05) is 32.6 Å². The zero-order chi connectivity index (χ0) is 35.4. The lowest BCUT2D eigenvalue weighted by molar-refractivity contribution is -0.138. The van der Waals surface area contributed by atoms with Crippen LogP contribution >= 0.6 is 0 Å². The zero-order valence-electron chi connectivity index (χ0n) is 25.5. The Kier molecular flexibility index (Phi) is 12.8. The van der Waals surface area contributed by atoms with E-state index in [2.05, 4.69) is 16.0 Å². The SMILES string of the molecule is O=C(O)CCC(NC(=O)c1cccc(O)c1O)C(=O)N(CCCNC(=O)c1cccc(O)c1O)CCCNC(=O)c1cccc(O)c1O. The fourth-order valence-corrected chi connectivity index (χ4v) is 4.59. The summed E-state index contributed by atoms with van der Waals surface area (Å²) < 4.78 is 0. The third-order valence-corrected chi connectivity index (χ3v) is 7.12. The number of hydrogen-bond acceptors (Lipinski definition) is 11. The molecule has 3 rings (SSSR count). The Morgan fingerprint density at radius 2 is 1.00 bits per heavy atom. The molecule has 48 heavy (non-hydrogen) atoms. The molecule has 0 aliphatic carbocycles. The number of nitrogens with zero attached hydrogens (tertiary/aromatic N) is 1. The molecule has 0 aliphatic rings. The maximum Gasteiger partial charge on any atom is 0.303 e. The Morgan fingerprint density at radius 1 is 0.604 bits per heavy atom. The average molecular weight is 669 g/mol. The van der Waals surface area contributed by atoms with Crippen molar-refractivity contribution in [2.24, 2.45) is 0 Å². The number of hydrogen-bond donors (Lipinski definition) is 10. The number of nitrogens with one attached hydrogen (secondary N) is 3. The average Bonchev–Trinajstić information content (AvgIpc) is 3.05. The first-order chi connectivity index (χ1) is 22.8. The summed E-state index contributed by atoms with van der Waals surface area (Å²) in [5, 5.41) is 75.9. The quantitative estimate of drug-likeness (QED) is 0.0766. The van der Waals surface area contributed by atoms with Crippen LogP contribution in [0.15, 0.2) is 54.6 Å². The molecule has 256 valence electrons. The van der Waals surface area contributed by atoms with Crippen LogP contribution < -0.4 is 16.0 Å². The van der Waals surface area contributed by atoms with Crippen LogP contribution in [-0.2, 0) is 9.59 Å². The highest BCUT2D eigenvalue weighted by Gasteiger charge is 2.28. The van der Waals surface area contributed by atoms with Crippen LogP contribution in [0.25, 0.3) is 0 Å². The first-order valence-electron chi connectivity index (χ1n) is 14.7. The molecule has 10 N–H and O–H groups in total. The van der Waals surface area contributed by atoms with Crippen LogP contribution in [0.3, 0.4) is 0 Å². The van der Waals surface area contributed by atoms with E-state index in [0.717, 1.165) is 6.07 Å². The van der Waals surface area contributed by atoms with Gasteiger partial charge in [-0.2, -0.15) is 0 Å². The van der Waals surface area contributed by atoms with Crippen molar-refractivity contribution in [1.29, 1.82) is 0 Å². The van der Waals surface area contributed by atoms with Gasteiger partial charge in [0.25, 0.3) is 17.7 Å². The second kappa shape index (κ2) is 16.9. The lowest BCUT2D eigenvalue weighted by Crippen LogP contribution is -2.50. The van der Waals surface area contributed by atoms with E-state index in [0.29, 0.717) is 0 Å². The number of carboxylic acid groups (broad SMARTS) is 1. The predicted octanol–water partition coefficient (Wildman–Crippen LogP) is 1.35. The van der Waals surface area contributed by atoms with Gasteiger partial charge in [0.1, 0.15) is 6.04 Å². The summed E-state index contributed by atoms with van der Waals surface area (Å²) >= 11 is 0. The van der Waals surface area contributed by atoms with Gasteiger partial charge in [0.2, 0.25) is 5.91 Å².